The lowest BCUT2D eigenvalue weighted by molar-refractivity contribution is 0.101. The zero-order valence-electron chi connectivity index (χ0n) is 10.9. The molecule has 1 aliphatic heterocycles. The molecular weight excluding hydrogens is 198 g/mol. The van der Waals surface area contributed by atoms with Crippen molar-refractivity contribution in [3.63, 3.8) is 0 Å². The summed E-state index contributed by atoms with van der Waals surface area (Å²) >= 11 is 0. The molecular formula is C14H27NO. The van der Waals surface area contributed by atoms with E-state index in [0.717, 1.165) is 19.2 Å². The van der Waals surface area contributed by atoms with Crippen LogP contribution in [0.4, 0.5) is 0 Å². The van der Waals surface area contributed by atoms with E-state index in [9.17, 15) is 0 Å². The monoisotopic (exact) mass is 225 g/mol. The van der Waals surface area contributed by atoms with Crippen LogP contribution in [-0.2, 0) is 4.74 Å². The third-order valence-corrected chi connectivity index (χ3v) is 4.13. The highest BCUT2D eigenvalue weighted by Gasteiger charge is 2.27. The Hall–Kier alpha value is -0.0800. The van der Waals surface area contributed by atoms with Gasteiger partial charge in [-0.25, -0.2) is 0 Å². The number of ether oxygens (including phenoxy) is 1. The molecule has 1 saturated carbocycles. The van der Waals surface area contributed by atoms with E-state index in [-0.39, 0.29) is 0 Å². The van der Waals surface area contributed by atoms with E-state index in [2.05, 4.69) is 19.2 Å². The first-order valence-electron chi connectivity index (χ1n) is 7.01. The van der Waals surface area contributed by atoms with Gasteiger partial charge in [-0.3, -0.25) is 0 Å². The van der Waals surface area contributed by atoms with E-state index in [1.54, 1.807) is 0 Å². The second-order valence-electron chi connectivity index (χ2n) is 6.34. The molecule has 16 heavy (non-hydrogen) atoms. The molecule has 2 heteroatoms. The van der Waals surface area contributed by atoms with Gasteiger partial charge >= 0.3 is 0 Å². The molecule has 2 nitrogen and oxygen atoms in total. The van der Waals surface area contributed by atoms with Crippen molar-refractivity contribution in [2.24, 2.45) is 5.41 Å². The fourth-order valence-electron chi connectivity index (χ4n) is 3.19. The van der Waals surface area contributed by atoms with E-state index in [1.807, 2.05) is 0 Å². The third-order valence-electron chi connectivity index (χ3n) is 4.13. The SMILES string of the molecule is CC1(C)CCCC(NCCC2CCCO2)C1. The van der Waals surface area contributed by atoms with Crippen molar-refractivity contribution in [1.82, 2.24) is 5.32 Å². The maximum atomic E-state index is 5.64. The van der Waals surface area contributed by atoms with Gasteiger partial charge in [0.15, 0.2) is 0 Å². The standard InChI is InChI=1S/C14H27NO/c1-14(2)8-3-5-12(11-14)15-9-7-13-6-4-10-16-13/h12-13,15H,3-11H2,1-2H3. The van der Waals surface area contributed by atoms with Crippen LogP contribution in [0.25, 0.3) is 0 Å². The normalized spacial score (nSPS) is 34.1. The van der Waals surface area contributed by atoms with E-state index in [1.165, 1.54) is 44.9 Å². The van der Waals surface area contributed by atoms with Crippen molar-refractivity contribution in [2.45, 2.75) is 70.9 Å². The molecule has 2 aliphatic rings. The van der Waals surface area contributed by atoms with Crippen LogP contribution in [0.2, 0.25) is 0 Å². The van der Waals surface area contributed by atoms with Crippen molar-refractivity contribution in [2.75, 3.05) is 13.2 Å². The predicted molar refractivity (Wildman–Crippen MR) is 67.6 cm³/mol. The number of nitrogens with one attached hydrogen (secondary N) is 1. The number of hydrogen-bond acceptors (Lipinski definition) is 2. The van der Waals surface area contributed by atoms with Crippen molar-refractivity contribution in [1.29, 1.82) is 0 Å². The molecule has 94 valence electrons. The molecule has 0 radical (unpaired) electrons. The zero-order valence-corrected chi connectivity index (χ0v) is 10.9. The highest BCUT2D eigenvalue weighted by atomic mass is 16.5. The minimum absolute atomic E-state index is 0.545. The summed E-state index contributed by atoms with van der Waals surface area (Å²) < 4.78 is 5.64. The Morgan fingerprint density at radius 2 is 2.12 bits per heavy atom. The molecule has 0 spiro atoms. The zero-order chi connectivity index (χ0) is 11.4. The second-order valence-corrected chi connectivity index (χ2v) is 6.34. The number of rotatable bonds is 4. The molecule has 0 aromatic rings. The van der Waals surface area contributed by atoms with Crippen LogP contribution in [0.5, 0.6) is 0 Å². The molecule has 1 aliphatic carbocycles. The van der Waals surface area contributed by atoms with Crippen LogP contribution < -0.4 is 5.32 Å². The molecule has 1 N–H and O–H groups in total. The molecule has 2 unspecified atom stereocenters. The Labute approximate surface area is 100 Å². The molecule has 0 aromatic heterocycles. The predicted octanol–water partition coefficient (Wildman–Crippen LogP) is 3.11. The summed E-state index contributed by atoms with van der Waals surface area (Å²) in [5.74, 6) is 0. The summed E-state index contributed by atoms with van der Waals surface area (Å²) in [5, 5.41) is 3.72. The van der Waals surface area contributed by atoms with Gasteiger partial charge < -0.3 is 10.1 Å². The average molecular weight is 225 g/mol. The fraction of sp³-hybridized carbons (Fsp3) is 1.00. The van der Waals surface area contributed by atoms with E-state index < -0.39 is 0 Å². The topological polar surface area (TPSA) is 21.3 Å². The van der Waals surface area contributed by atoms with Crippen molar-refractivity contribution >= 4 is 0 Å². The van der Waals surface area contributed by atoms with Crippen LogP contribution in [0.1, 0.15) is 58.8 Å². The summed E-state index contributed by atoms with van der Waals surface area (Å²) in [5.41, 5.74) is 0.555. The third kappa shape index (κ3) is 3.74. The molecule has 0 aromatic carbocycles. The van der Waals surface area contributed by atoms with Crippen LogP contribution in [0, 0.1) is 5.41 Å². The van der Waals surface area contributed by atoms with Gasteiger partial charge in [0.2, 0.25) is 0 Å². The van der Waals surface area contributed by atoms with Gasteiger partial charge in [0, 0.05) is 12.6 Å². The minimum Gasteiger partial charge on any atom is -0.378 e. The smallest absolute Gasteiger partial charge is 0.0588 e. The lowest BCUT2D eigenvalue weighted by Crippen LogP contribution is -2.38. The molecule has 1 saturated heterocycles. The van der Waals surface area contributed by atoms with Crippen molar-refractivity contribution < 1.29 is 4.74 Å². The van der Waals surface area contributed by atoms with Crippen LogP contribution in [0.15, 0.2) is 0 Å². The summed E-state index contributed by atoms with van der Waals surface area (Å²) in [7, 11) is 0. The highest BCUT2D eigenvalue weighted by Crippen LogP contribution is 2.35. The second kappa shape index (κ2) is 5.50. The average Bonchev–Trinajstić information content (AvgIpc) is 2.69. The van der Waals surface area contributed by atoms with E-state index >= 15 is 0 Å². The van der Waals surface area contributed by atoms with Gasteiger partial charge in [0.25, 0.3) is 0 Å². The summed E-state index contributed by atoms with van der Waals surface area (Å²) in [6.07, 6.45) is 9.80. The van der Waals surface area contributed by atoms with Crippen LogP contribution in [0.3, 0.4) is 0 Å². The first-order valence-corrected chi connectivity index (χ1v) is 7.01. The highest BCUT2D eigenvalue weighted by molar-refractivity contribution is 4.83. The van der Waals surface area contributed by atoms with Crippen molar-refractivity contribution in [3.8, 4) is 0 Å². The lowest BCUT2D eigenvalue weighted by atomic mass is 9.75. The van der Waals surface area contributed by atoms with E-state index in [4.69, 9.17) is 4.74 Å². The van der Waals surface area contributed by atoms with Gasteiger partial charge in [-0.05, 0) is 50.5 Å². The van der Waals surface area contributed by atoms with Crippen LogP contribution >= 0.6 is 0 Å². The Morgan fingerprint density at radius 3 is 2.81 bits per heavy atom. The summed E-state index contributed by atoms with van der Waals surface area (Å²) in [6.45, 7) is 6.94. The Bertz CT molecular complexity index is 209. The van der Waals surface area contributed by atoms with Gasteiger partial charge in [0.1, 0.15) is 0 Å². The maximum Gasteiger partial charge on any atom is 0.0588 e. The van der Waals surface area contributed by atoms with E-state index in [0.29, 0.717) is 11.5 Å². The molecule has 0 bridgehead atoms. The van der Waals surface area contributed by atoms with Crippen LogP contribution in [-0.4, -0.2) is 25.3 Å². The lowest BCUT2D eigenvalue weighted by Gasteiger charge is -2.35. The van der Waals surface area contributed by atoms with Gasteiger partial charge in [-0.1, -0.05) is 20.3 Å². The summed E-state index contributed by atoms with van der Waals surface area (Å²) in [4.78, 5) is 0. The number of hydrogen-bond donors (Lipinski definition) is 1. The largest absolute Gasteiger partial charge is 0.378 e. The van der Waals surface area contributed by atoms with Gasteiger partial charge in [0.05, 0.1) is 6.10 Å². The van der Waals surface area contributed by atoms with Gasteiger partial charge in [-0.2, -0.15) is 0 Å². The first-order chi connectivity index (χ1) is 7.66. The fourth-order valence-corrected chi connectivity index (χ4v) is 3.19. The Kier molecular flexibility index (Phi) is 4.26. The molecule has 2 fully saturated rings. The Morgan fingerprint density at radius 1 is 1.25 bits per heavy atom. The van der Waals surface area contributed by atoms with Crippen molar-refractivity contribution in [3.05, 3.63) is 0 Å². The maximum absolute atomic E-state index is 5.64. The molecule has 0 amide bonds. The first kappa shape index (κ1) is 12.4. The van der Waals surface area contributed by atoms with Gasteiger partial charge in [-0.15, -0.1) is 0 Å². The summed E-state index contributed by atoms with van der Waals surface area (Å²) in [6, 6.07) is 0.755. The Balaban J connectivity index is 1.61. The molecule has 1 heterocycles. The molecule has 2 rings (SSSR count). The quantitative estimate of drug-likeness (QED) is 0.794. The molecule has 2 atom stereocenters. The minimum atomic E-state index is 0.545.